The number of nitrogens with two attached hydrogens (primary N) is 1. The van der Waals surface area contributed by atoms with Crippen LogP contribution >= 0.6 is 0 Å². The Morgan fingerprint density at radius 2 is 2.00 bits per heavy atom. The van der Waals surface area contributed by atoms with E-state index in [1.165, 1.54) is 27.8 Å². The third kappa shape index (κ3) is 3.80. The van der Waals surface area contributed by atoms with E-state index in [0.29, 0.717) is 40.4 Å². The van der Waals surface area contributed by atoms with Gasteiger partial charge in [-0.2, -0.15) is 18.3 Å². The summed E-state index contributed by atoms with van der Waals surface area (Å²) in [5.74, 6) is -0.912. The van der Waals surface area contributed by atoms with E-state index in [9.17, 15) is 18.0 Å². The van der Waals surface area contributed by atoms with Gasteiger partial charge in [0.2, 0.25) is 0 Å². The molecule has 1 aliphatic carbocycles. The molecule has 1 unspecified atom stereocenters. The smallest absolute Gasteiger partial charge is 0.383 e. The summed E-state index contributed by atoms with van der Waals surface area (Å²) in [6.45, 7) is 2.09. The number of hydrogen-bond donors (Lipinski definition) is 1. The van der Waals surface area contributed by atoms with Crippen LogP contribution in [0.3, 0.4) is 0 Å². The van der Waals surface area contributed by atoms with Gasteiger partial charge in [0.25, 0.3) is 5.91 Å². The Labute approximate surface area is 214 Å². The van der Waals surface area contributed by atoms with Crippen molar-refractivity contribution in [1.82, 2.24) is 14.8 Å². The molecule has 2 aromatic heterocycles. The standard InChI is InChI=1S/C27H23F4N5O2/c1-13-24-19(12-38-13)17-10-18(20(28)11-21(17)33-25(24)32)26(37)36(23-7-8-35(2)34-23)22-6-3-14-9-15(27(29,30)31)4-5-16(14)22/h4-5,7-11,13,22H,3,6,12H2,1-2H3,(H2,32,33)/t13-,22?/m1/s1. The van der Waals surface area contributed by atoms with Crippen molar-refractivity contribution < 1.29 is 27.1 Å². The molecule has 2 aromatic carbocycles. The lowest BCUT2D eigenvalue weighted by atomic mass is 9.98. The Bertz CT molecular complexity index is 1610. The van der Waals surface area contributed by atoms with Crippen LogP contribution in [-0.2, 0) is 31.0 Å². The monoisotopic (exact) mass is 525 g/mol. The van der Waals surface area contributed by atoms with Gasteiger partial charge in [-0.15, -0.1) is 0 Å². The maximum Gasteiger partial charge on any atom is 0.416 e. The molecule has 0 saturated carbocycles. The molecule has 4 aromatic rings. The number of carbonyl (C=O) groups excluding carboxylic acids is 1. The van der Waals surface area contributed by atoms with Crippen LogP contribution in [0.1, 0.15) is 63.7 Å². The van der Waals surface area contributed by atoms with Crippen LogP contribution in [0.15, 0.2) is 42.6 Å². The van der Waals surface area contributed by atoms with Gasteiger partial charge in [-0.25, -0.2) is 9.37 Å². The highest BCUT2D eigenvalue weighted by atomic mass is 19.4. The third-order valence-electron chi connectivity index (χ3n) is 7.36. The number of rotatable bonds is 3. The molecule has 0 saturated heterocycles. The summed E-state index contributed by atoms with van der Waals surface area (Å²) in [6, 6.07) is 7.16. The van der Waals surface area contributed by atoms with Crippen LogP contribution in [0.4, 0.5) is 29.2 Å². The molecule has 1 aliphatic heterocycles. The van der Waals surface area contributed by atoms with Crippen LogP contribution in [0.5, 0.6) is 0 Å². The van der Waals surface area contributed by atoms with E-state index in [1.54, 1.807) is 19.3 Å². The number of halogens is 4. The first kappa shape index (κ1) is 24.4. The quantitative estimate of drug-likeness (QED) is 0.350. The maximum absolute atomic E-state index is 15.5. The average molecular weight is 526 g/mol. The van der Waals surface area contributed by atoms with E-state index in [4.69, 9.17) is 10.5 Å². The summed E-state index contributed by atoms with van der Waals surface area (Å²) in [5, 5.41) is 4.93. The SMILES string of the molecule is C[C@H]1OCc2c1c(N)nc1cc(F)c(C(=O)N(c3ccn(C)n3)C3CCc4cc(C(F)(F)F)ccc43)cc21. The largest absolute Gasteiger partial charge is 0.416 e. The van der Waals surface area contributed by atoms with Crippen molar-refractivity contribution in [3.05, 3.63) is 81.8 Å². The summed E-state index contributed by atoms with van der Waals surface area (Å²) < 4.78 is 62.6. The number of aromatic nitrogens is 3. The fourth-order valence-electron chi connectivity index (χ4n) is 5.56. The van der Waals surface area contributed by atoms with Crippen molar-refractivity contribution in [3.63, 3.8) is 0 Å². The molecule has 6 rings (SSSR count). The number of anilines is 2. The van der Waals surface area contributed by atoms with Gasteiger partial charge in [0.1, 0.15) is 11.6 Å². The molecular formula is C27H23F4N5O2. The molecular weight excluding hydrogens is 502 g/mol. The van der Waals surface area contributed by atoms with Crippen LogP contribution in [0.2, 0.25) is 0 Å². The highest BCUT2D eigenvalue weighted by molar-refractivity contribution is 6.08. The first-order valence-corrected chi connectivity index (χ1v) is 12.1. The van der Waals surface area contributed by atoms with E-state index in [2.05, 4.69) is 10.1 Å². The second-order valence-electron chi connectivity index (χ2n) is 9.68. The van der Waals surface area contributed by atoms with Crippen LogP contribution < -0.4 is 10.6 Å². The summed E-state index contributed by atoms with van der Waals surface area (Å²) in [7, 11) is 1.68. The topological polar surface area (TPSA) is 86.3 Å². The Balaban J connectivity index is 1.48. The molecule has 2 aliphatic rings. The van der Waals surface area contributed by atoms with E-state index in [-0.39, 0.29) is 29.9 Å². The zero-order chi connectivity index (χ0) is 26.9. The Kier molecular flexibility index (Phi) is 5.46. The molecule has 2 atom stereocenters. The van der Waals surface area contributed by atoms with Crippen molar-refractivity contribution in [1.29, 1.82) is 0 Å². The molecule has 3 heterocycles. The lowest BCUT2D eigenvalue weighted by Gasteiger charge is -2.28. The van der Waals surface area contributed by atoms with E-state index < -0.39 is 29.5 Å². The average Bonchev–Trinajstić information content (AvgIpc) is 3.57. The Hall–Kier alpha value is -3.99. The molecule has 7 nitrogen and oxygen atoms in total. The minimum Gasteiger partial charge on any atom is -0.383 e. The second kappa shape index (κ2) is 8.52. The fraction of sp³-hybridized carbons (Fsp3) is 0.296. The van der Waals surface area contributed by atoms with Gasteiger partial charge >= 0.3 is 6.18 Å². The van der Waals surface area contributed by atoms with Gasteiger partial charge in [0.05, 0.1) is 35.4 Å². The van der Waals surface area contributed by atoms with Gasteiger partial charge in [-0.1, -0.05) is 6.07 Å². The summed E-state index contributed by atoms with van der Waals surface area (Å²) in [6.07, 6.45) is -2.41. The number of carbonyl (C=O) groups is 1. The van der Waals surface area contributed by atoms with Gasteiger partial charge in [-0.3, -0.25) is 14.4 Å². The normalized spacial score (nSPS) is 18.6. The van der Waals surface area contributed by atoms with Crippen molar-refractivity contribution in [3.8, 4) is 0 Å². The first-order chi connectivity index (χ1) is 18.0. The fourth-order valence-corrected chi connectivity index (χ4v) is 5.56. The highest BCUT2D eigenvalue weighted by Crippen LogP contribution is 2.43. The predicted octanol–water partition coefficient (Wildman–Crippen LogP) is 5.63. The molecule has 2 N–H and O–H groups in total. The van der Waals surface area contributed by atoms with Crippen LogP contribution in [-0.4, -0.2) is 20.7 Å². The first-order valence-electron chi connectivity index (χ1n) is 12.1. The van der Waals surface area contributed by atoms with Gasteiger partial charge < -0.3 is 10.5 Å². The highest BCUT2D eigenvalue weighted by Gasteiger charge is 2.38. The summed E-state index contributed by atoms with van der Waals surface area (Å²) >= 11 is 0. The van der Waals surface area contributed by atoms with Crippen molar-refractivity contribution in [2.75, 3.05) is 10.6 Å². The molecule has 0 fully saturated rings. The number of aryl methyl sites for hydroxylation is 2. The van der Waals surface area contributed by atoms with E-state index in [0.717, 1.165) is 17.7 Å². The lowest BCUT2D eigenvalue weighted by Crippen LogP contribution is -2.35. The number of nitrogen functional groups attached to an aromatic ring is 1. The molecule has 0 bridgehead atoms. The van der Waals surface area contributed by atoms with Gasteiger partial charge in [0, 0.05) is 36.3 Å². The van der Waals surface area contributed by atoms with E-state index in [1.807, 2.05) is 6.92 Å². The summed E-state index contributed by atoms with van der Waals surface area (Å²) in [4.78, 5) is 19.7. The molecule has 196 valence electrons. The van der Waals surface area contributed by atoms with Crippen molar-refractivity contribution in [2.24, 2.45) is 7.05 Å². The lowest BCUT2D eigenvalue weighted by molar-refractivity contribution is -0.137. The predicted molar refractivity (Wildman–Crippen MR) is 132 cm³/mol. The second-order valence-corrected chi connectivity index (χ2v) is 9.68. The van der Waals surface area contributed by atoms with Crippen LogP contribution in [0, 0.1) is 5.82 Å². The Morgan fingerprint density at radius 1 is 1.21 bits per heavy atom. The number of alkyl halides is 3. The van der Waals surface area contributed by atoms with Crippen molar-refractivity contribution >= 4 is 28.4 Å². The van der Waals surface area contributed by atoms with Crippen molar-refractivity contribution in [2.45, 2.75) is 44.7 Å². The molecule has 38 heavy (non-hydrogen) atoms. The zero-order valence-corrected chi connectivity index (χ0v) is 20.5. The number of nitrogens with zero attached hydrogens (tertiary/aromatic N) is 4. The number of pyridine rings is 1. The molecule has 1 amide bonds. The molecule has 0 radical (unpaired) electrons. The van der Waals surface area contributed by atoms with Gasteiger partial charge in [-0.05, 0) is 54.7 Å². The minimum absolute atomic E-state index is 0.197. The van der Waals surface area contributed by atoms with Gasteiger partial charge in [0.15, 0.2) is 5.82 Å². The summed E-state index contributed by atoms with van der Waals surface area (Å²) in [5.41, 5.74) is 8.02. The number of ether oxygens (including phenoxy) is 1. The molecule has 0 spiro atoms. The number of hydrogen-bond acceptors (Lipinski definition) is 5. The maximum atomic E-state index is 15.5. The minimum atomic E-state index is -4.48. The van der Waals surface area contributed by atoms with E-state index >= 15 is 4.39 Å². The number of amides is 1. The Morgan fingerprint density at radius 3 is 2.71 bits per heavy atom. The third-order valence-corrected chi connectivity index (χ3v) is 7.36. The number of benzene rings is 2. The molecule has 11 heteroatoms. The number of fused-ring (bicyclic) bond motifs is 4. The zero-order valence-electron chi connectivity index (χ0n) is 20.5. The van der Waals surface area contributed by atoms with Crippen LogP contribution in [0.25, 0.3) is 10.9 Å².